The zero-order chi connectivity index (χ0) is 19.1. The average molecular weight is 399 g/mol. The van der Waals surface area contributed by atoms with E-state index in [0.29, 0.717) is 22.9 Å². The third-order valence-corrected chi connectivity index (χ3v) is 5.22. The van der Waals surface area contributed by atoms with E-state index < -0.39 is 12.1 Å². The van der Waals surface area contributed by atoms with Gasteiger partial charge in [0.25, 0.3) is 0 Å². The molecule has 142 valence electrons. The molecule has 0 aliphatic heterocycles. The van der Waals surface area contributed by atoms with E-state index in [2.05, 4.69) is 0 Å². The fourth-order valence-corrected chi connectivity index (χ4v) is 4.02. The molecule has 26 heavy (non-hydrogen) atoms. The molecule has 0 spiro atoms. The first-order valence-corrected chi connectivity index (χ1v) is 9.69. The summed E-state index contributed by atoms with van der Waals surface area (Å²) in [5.41, 5.74) is 0.835. The van der Waals surface area contributed by atoms with E-state index in [1.807, 2.05) is 12.2 Å². The van der Waals surface area contributed by atoms with Gasteiger partial charge in [-0.15, -0.1) is 0 Å². The number of hydrogen-bond donors (Lipinski definition) is 2. The van der Waals surface area contributed by atoms with Crippen LogP contribution in [0.5, 0.6) is 0 Å². The molecule has 0 saturated heterocycles. The molecule has 2 rings (SSSR count). The summed E-state index contributed by atoms with van der Waals surface area (Å²) in [6.45, 7) is 0. The number of carbonyl (C=O) groups is 2. The highest BCUT2D eigenvalue weighted by Crippen LogP contribution is 2.35. The fraction of sp³-hybridized carbons (Fsp3) is 0.500. The van der Waals surface area contributed by atoms with Crippen molar-refractivity contribution in [3.8, 4) is 0 Å². The second kappa shape index (κ2) is 10.1. The van der Waals surface area contributed by atoms with Crippen LogP contribution in [0.2, 0.25) is 10.0 Å². The largest absolute Gasteiger partial charge is 0.481 e. The molecule has 3 atom stereocenters. The fourth-order valence-electron chi connectivity index (χ4n) is 3.48. The molecule has 0 aromatic heterocycles. The molecular formula is C20H24Cl2O4. The number of unbranched alkanes of at least 4 members (excludes halogenated alkanes) is 3. The first kappa shape index (κ1) is 20.9. The predicted octanol–water partition coefficient (Wildman–Crippen LogP) is 5.00. The quantitative estimate of drug-likeness (QED) is 0.573. The molecular weight excluding hydrogens is 375 g/mol. The number of hydrogen-bond acceptors (Lipinski definition) is 3. The number of aliphatic hydroxyl groups excluding tert-OH is 1. The molecule has 4 nitrogen and oxygen atoms in total. The van der Waals surface area contributed by atoms with Crippen LogP contribution in [0.15, 0.2) is 24.3 Å². The molecule has 0 radical (unpaired) electrons. The summed E-state index contributed by atoms with van der Waals surface area (Å²) in [6, 6.07) is 5.22. The van der Waals surface area contributed by atoms with Crippen molar-refractivity contribution in [3.63, 3.8) is 0 Å². The molecule has 1 fully saturated rings. The van der Waals surface area contributed by atoms with Crippen LogP contribution < -0.4 is 0 Å². The smallest absolute Gasteiger partial charge is 0.303 e. The van der Waals surface area contributed by atoms with Gasteiger partial charge in [-0.1, -0.05) is 54.6 Å². The van der Waals surface area contributed by atoms with Crippen molar-refractivity contribution >= 4 is 41.0 Å². The highest BCUT2D eigenvalue weighted by atomic mass is 35.5. The second-order valence-corrected chi connectivity index (χ2v) is 7.70. The van der Waals surface area contributed by atoms with E-state index in [9.17, 15) is 14.7 Å². The maximum atomic E-state index is 12.2. The third kappa shape index (κ3) is 6.42. The van der Waals surface area contributed by atoms with Crippen molar-refractivity contribution in [1.29, 1.82) is 0 Å². The monoisotopic (exact) mass is 398 g/mol. The predicted molar refractivity (Wildman–Crippen MR) is 103 cm³/mol. The summed E-state index contributed by atoms with van der Waals surface area (Å²) in [7, 11) is 0. The third-order valence-electron chi connectivity index (χ3n) is 4.78. The van der Waals surface area contributed by atoms with Crippen molar-refractivity contribution in [3.05, 3.63) is 39.9 Å². The Bertz CT molecular complexity index is 652. The number of carboxylic acids is 1. The van der Waals surface area contributed by atoms with E-state index in [-0.39, 0.29) is 30.5 Å². The number of aliphatic hydroxyl groups is 1. The van der Waals surface area contributed by atoms with Gasteiger partial charge in [-0.05, 0) is 36.6 Å². The Kier molecular flexibility index (Phi) is 8.14. The van der Waals surface area contributed by atoms with Crippen molar-refractivity contribution in [2.45, 2.75) is 51.0 Å². The Morgan fingerprint density at radius 3 is 2.42 bits per heavy atom. The number of rotatable bonds is 9. The zero-order valence-electron chi connectivity index (χ0n) is 14.5. The minimum Gasteiger partial charge on any atom is -0.481 e. The van der Waals surface area contributed by atoms with Gasteiger partial charge in [-0.25, -0.2) is 0 Å². The van der Waals surface area contributed by atoms with E-state index >= 15 is 0 Å². The molecule has 0 heterocycles. The second-order valence-electron chi connectivity index (χ2n) is 6.83. The minimum atomic E-state index is -0.773. The van der Waals surface area contributed by atoms with Crippen LogP contribution in [0.25, 0.3) is 6.08 Å². The molecule has 1 aromatic carbocycles. The van der Waals surface area contributed by atoms with Crippen LogP contribution in [-0.4, -0.2) is 28.1 Å². The first-order chi connectivity index (χ1) is 12.4. The molecule has 6 heteroatoms. The van der Waals surface area contributed by atoms with Crippen molar-refractivity contribution in [2.75, 3.05) is 0 Å². The van der Waals surface area contributed by atoms with Gasteiger partial charge in [0.05, 0.1) is 6.10 Å². The van der Waals surface area contributed by atoms with Crippen LogP contribution in [0.4, 0.5) is 0 Å². The average Bonchev–Trinajstić information content (AvgIpc) is 2.81. The van der Waals surface area contributed by atoms with Gasteiger partial charge in [-0.2, -0.15) is 0 Å². The molecule has 1 aliphatic carbocycles. The zero-order valence-corrected chi connectivity index (χ0v) is 16.0. The number of ketones is 1. The molecule has 0 bridgehead atoms. The summed E-state index contributed by atoms with van der Waals surface area (Å²) in [6.07, 6.45) is 7.43. The van der Waals surface area contributed by atoms with Crippen LogP contribution in [0, 0.1) is 11.8 Å². The number of Topliss-reactive ketones (excluding diaryl/α,β-unsaturated/α-hetero) is 1. The molecule has 1 aliphatic rings. The lowest BCUT2D eigenvalue weighted by atomic mass is 9.88. The van der Waals surface area contributed by atoms with Gasteiger partial charge in [0.2, 0.25) is 0 Å². The Hall–Kier alpha value is -1.36. The van der Waals surface area contributed by atoms with E-state index in [0.717, 1.165) is 24.8 Å². The highest BCUT2D eigenvalue weighted by Gasteiger charge is 2.39. The maximum Gasteiger partial charge on any atom is 0.303 e. The number of aliphatic carboxylic acids is 1. The lowest BCUT2D eigenvalue weighted by molar-refractivity contribution is -0.137. The van der Waals surface area contributed by atoms with Crippen molar-refractivity contribution in [1.82, 2.24) is 0 Å². The Balaban J connectivity index is 1.91. The highest BCUT2D eigenvalue weighted by molar-refractivity contribution is 6.34. The van der Waals surface area contributed by atoms with Gasteiger partial charge >= 0.3 is 5.97 Å². The SMILES string of the molecule is O=C(O)CCCCCCC1C(=O)CC(O)C1/C=C/c1cc(Cl)cc(Cl)c1. The van der Waals surface area contributed by atoms with Crippen molar-refractivity contribution in [2.24, 2.45) is 11.8 Å². The lowest BCUT2D eigenvalue weighted by Gasteiger charge is -2.17. The Morgan fingerprint density at radius 1 is 1.12 bits per heavy atom. The van der Waals surface area contributed by atoms with Gasteiger partial charge in [0.15, 0.2) is 0 Å². The summed E-state index contributed by atoms with van der Waals surface area (Å²) in [4.78, 5) is 22.7. The lowest BCUT2D eigenvalue weighted by Crippen LogP contribution is -2.18. The maximum absolute atomic E-state index is 12.2. The molecule has 1 saturated carbocycles. The van der Waals surface area contributed by atoms with E-state index in [1.165, 1.54) is 0 Å². The topological polar surface area (TPSA) is 74.6 Å². The Morgan fingerprint density at radius 2 is 1.77 bits per heavy atom. The van der Waals surface area contributed by atoms with Gasteiger partial charge in [0.1, 0.15) is 5.78 Å². The van der Waals surface area contributed by atoms with Crippen LogP contribution in [-0.2, 0) is 9.59 Å². The summed E-state index contributed by atoms with van der Waals surface area (Å²) in [5.74, 6) is -1.07. The minimum absolute atomic E-state index is 0.0989. The number of halogens is 2. The first-order valence-electron chi connectivity index (χ1n) is 8.93. The molecule has 0 amide bonds. The molecule has 3 unspecified atom stereocenters. The molecule has 1 aromatic rings. The molecule has 2 N–H and O–H groups in total. The van der Waals surface area contributed by atoms with Gasteiger partial charge in [-0.3, -0.25) is 9.59 Å². The van der Waals surface area contributed by atoms with Crippen LogP contribution >= 0.6 is 23.2 Å². The summed E-state index contributed by atoms with van der Waals surface area (Å²) < 4.78 is 0. The van der Waals surface area contributed by atoms with E-state index in [4.69, 9.17) is 28.3 Å². The van der Waals surface area contributed by atoms with E-state index in [1.54, 1.807) is 18.2 Å². The summed E-state index contributed by atoms with van der Waals surface area (Å²) in [5, 5.41) is 19.9. The Labute approximate surface area is 163 Å². The van der Waals surface area contributed by atoms with Gasteiger partial charge in [0, 0.05) is 34.7 Å². The normalized spacial score (nSPS) is 23.0. The number of carbonyl (C=O) groups excluding carboxylic acids is 1. The van der Waals surface area contributed by atoms with Crippen molar-refractivity contribution < 1.29 is 19.8 Å². The summed E-state index contributed by atoms with van der Waals surface area (Å²) >= 11 is 12.0. The van der Waals surface area contributed by atoms with Gasteiger partial charge < -0.3 is 10.2 Å². The van der Waals surface area contributed by atoms with Crippen LogP contribution in [0.1, 0.15) is 50.5 Å². The standard InChI is InChI=1S/C20H24Cl2O4/c21-14-9-13(10-15(22)11-14)7-8-17-16(18(23)12-19(17)24)5-3-1-2-4-6-20(25)26/h7-11,16-17,19,24H,1-6,12H2,(H,25,26)/b8-7+. The van der Waals surface area contributed by atoms with Crippen LogP contribution in [0.3, 0.4) is 0 Å². The number of carboxylic acid groups (broad SMARTS) is 1. The number of benzene rings is 1.